The molecule has 2 fully saturated rings. The average molecular weight is 347 g/mol. The highest BCUT2D eigenvalue weighted by Crippen LogP contribution is 2.38. The molecule has 7 heteroatoms. The number of hydrogen-bond donors (Lipinski definition) is 1. The number of nitrogens with one attached hydrogen (secondary N) is 1. The molecule has 0 radical (unpaired) electrons. The van der Waals surface area contributed by atoms with Crippen molar-refractivity contribution in [2.45, 2.75) is 18.9 Å². The first kappa shape index (κ1) is 16.5. The minimum Gasteiger partial charge on any atom is -0.454 e. The van der Waals surface area contributed by atoms with E-state index >= 15 is 0 Å². The van der Waals surface area contributed by atoms with Gasteiger partial charge in [0.1, 0.15) is 0 Å². The lowest BCUT2D eigenvalue weighted by Gasteiger charge is -2.28. The Hall–Kier alpha value is -1.99. The summed E-state index contributed by atoms with van der Waals surface area (Å²) in [6.07, 6.45) is 2.01. The monoisotopic (exact) mass is 347 g/mol. The molecule has 0 unspecified atom stereocenters. The van der Waals surface area contributed by atoms with Crippen molar-refractivity contribution in [3.8, 4) is 11.5 Å². The van der Waals surface area contributed by atoms with Crippen molar-refractivity contribution in [3.05, 3.63) is 23.8 Å². The molecule has 0 aromatic heterocycles. The van der Waals surface area contributed by atoms with E-state index in [2.05, 4.69) is 10.2 Å². The molecule has 1 aromatic carbocycles. The smallest absolute Gasteiger partial charge is 0.317 e. The van der Waals surface area contributed by atoms with Crippen LogP contribution in [0.3, 0.4) is 0 Å². The predicted molar refractivity (Wildman–Crippen MR) is 91.9 cm³/mol. The number of nitrogens with zero attached hydrogens (tertiary/aromatic N) is 2. The maximum Gasteiger partial charge on any atom is 0.317 e. The maximum atomic E-state index is 12.6. The lowest BCUT2D eigenvalue weighted by molar-refractivity contribution is 0.0385. The van der Waals surface area contributed by atoms with E-state index in [1.165, 1.54) is 0 Å². The molecule has 136 valence electrons. The number of fused-ring (bicyclic) bond motifs is 1. The highest BCUT2D eigenvalue weighted by molar-refractivity contribution is 5.75. The molecule has 3 aliphatic rings. The minimum atomic E-state index is 0.0217. The zero-order chi connectivity index (χ0) is 17.1. The van der Waals surface area contributed by atoms with Gasteiger partial charge in [0.15, 0.2) is 11.5 Å². The van der Waals surface area contributed by atoms with Gasteiger partial charge in [-0.3, -0.25) is 4.90 Å². The molecule has 0 spiro atoms. The fourth-order valence-corrected chi connectivity index (χ4v) is 3.72. The van der Waals surface area contributed by atoms with Gasteiger partial charge < -0.3 is 24.4 Å². The van der Waals surface area contributed by atoms with E-state index in [0.29, 0.717) is 6.54 Å². The number of amides is 2. The van der Waals surface area contributed by atoms with Gasteiger partial charge in [-0.1, -0.05) is 6.07 Å². The first-order valence-electron chi connectivity index (χ1n) is 9.05. The third-order valence-corrected chi connectivity index (χ3v) is 5.10. The van der Waals surface area contributed by atoms with E-state index in [1.807, 2.05) is 23.1 Å². The highest BCUT2D eigenvalue weighted by Gasteiger charge is 2.31. The van der Waals surface area contributed by atoms with Crippen molar-refractivity contribution in [1.82, 2.24) is 15.1 Å². The van der Waals surface area contributed by atoms with Gasteiger partial charge in [-0.05, 0) is 30.5 Å². The summed E-state index contributed by atoms with van der Waals surface area (Å²) in [5.41, 5.74) is 1.12. The van der Waals surface area contributed by atoms with E-state index in [-0.39, 0.29) is 18.9 Å². The molecular formula is C18H25N3O4. The van der Waals surface area contributed by atoms with Crippen LogP contribution in [0.2, 0.25) is 0 Å². The summed E-state index contributed by atoms with van der Waals surface area (Å²) in [6.45, 7) is 6.07. The molecular weight excluding hydrogens is 322 g/mol. The fourth-order valence-electron chi connectivity index (χ4n) is 3.72. The lowest BCUT2D eigenvalue weighted by Crippen LogP contribution is -2.45. The van der Waals surface area contributed by atoms with Crippen LogP contribution < -0.4 is 14.8 Å². The molecule has 2 amide bonds. The second kappa shape index (κ2) is 7.49. The number of rotatable bonds is 4. The first-order valence-corrected chi connectivity index (χ1v) is 9.05. The summed E-state index contributed by atoms with van der Waals surface area (Å²) < 4.78 is 16.2. The number of morpholine rings is 1. The van der Waals surface area contributed by atoms with Crippen LogP contribution in [0.4, 0.5) is 4.79 Å². The van der Waals surface area contributed by atoms with Crippen LogP contribution in [0.25, 0.3) is 0 Å². The molecule has 1 atom stereocenters. The highest BCUT2D eigenvalue weighted by atomic mass is 16.7. The Labute approximate surface area is 147 Å². The first-order chi connectivity index (χ1) is 12.3. The van der Waals surface area contributed by atoms with E-state index in [0.717, 1.165) is 69.3 Å². The van der Waals surface area contributed by atoms with Gasteiger partial charge in [0.2, 0.25) is 6.79 Å². The Bertz CT molecular complexity index is 618. The molecule has 0 bridgehead atoms. The molecule has 1 N–H and O–H groups in total. The number of carbonyl (C=O) groups is 1. The number of benzene rings is 1. The molecule has 3 heterocycles. The zero-order valence-corrected chi connectivity index (χ0v) is 14.4. The van der Waals surface area contributed by atoms with Crippen LogP contribution in [0.5, 0.6) is 11.5 Å². The van der Waals surface area contributed by atoms with Gasteiger partial charge in [0, 0.05) is 32.7 Å². The molecule has 4 rings (SSSR count). The van der Waals surface area contributed by atoms with Gasteiger partial charge in [-0.15, -0.1) is 0 Å². The van der Waals surface area contributed by atoms with Gasteiger partial charge in [0.05, 0.1) is 19.3 Å². The van der Waals surface area contributed by atoms with E-state index < -0.39 is 0 Å². The van der Waals surface area contributed by atoms with Crippen LogP contribution in [-0.4, -0.2) is 68.6 Å². The van der Waals surface area contributed by atoms with Crippen molar-refractivity contribution < 1.29 is 19.0 Å². The molecule has 0 aliphatic carbocycles. The number of urea groups is 1. The Morgan fingerprint density at radius 2 is 2.00 bits per heavy atom. The number of ether oxygens (including phenoxy) is 3. The molecule has 3 aliphatic heterocycles. The summed E-state index contributed by atoms with van der Waals surface area (Å²) in [6, 6.07) is 6.11. The summed E-state index contributed by atoms with van der Waals surface area (Å²) in [5, 5.41) is 3.07. The van der Waals surface area contributed by atoms with E-state index in [4.69, 9.17) is 14.2 Å². The fraction of sp³-hybridized carbons (Fsp3) is 0.611. The normalized spacial score (nSPS) is 23.0. The summed E-state index contributed by atoms with van der Waals surface area (Å²) >= 11 is 0. The van der Waals surface area contributed by atoms with Crippen molar-refractivity contribution in [2.24, 2.45) is 0 Å². The maximum absolute atomic E-state index is 12.6. The second-order valence-corrected chi connectivity index (χ2v) is 6.65. The Balaban J connectivity index is 1.33. The average Bonchev–Trinajstić information content (AvgIpc) is 3.31. The lowest BCUT2D eigenvalue weighted by atomic mass is 10.0. The minimum absolute atomic E-state index is 0.0217. The number of likely N-dealkylation sites (tertiary alicyclic amines) is 1. The van der Waals surface area contributed by atoms with Gasteiger partial charge in [0.25, 0.3) is 0 Å². The van der Waals surface area contributed by atoms with Gasteiger partial charge in [-0.2, -0.15) is 0 Å². The Morgan fingerprint density at radius 3 is 2.88 bits per heavy atom. The largest absolute Gasteiger partial charge is 0.454 e. The predicted octanol–water partition coefficient (Wildman–Crippen LogP) is 1.59. The van der Waals surface area contributed by atoms with Crippen molar-refractivity contribution in [2.75, 3.05) is 52.7 Å². The topological polar surface area (TPSA) is 63.3 Å². The number of hydrogen-bond acceptors (Lipinski definition) is 5. The summed E-state index contributed by atoms with van der Waals surface area (Å²) in [4.78, 5) is 16.9. The molecule has 0 saturated carbocycles. The Morgan fingerprint density at radius 1 is 1.16 bits per heavy atom. The molecule has 25 heavy (non-hydrogen) atoms. The summed E-state index contributed by atoms with van der Waals surface area (Å²) in [7, 11) is 0. The van der Waals surface area contributed by atoms with Crippen molar-refractivity contribution in [1.29, 1.82) is 0 Å². The third kappa shape index (κ3) is 3.67. The zero-order valence-electron chi connectivity index (χ0n) is 14.4. The quantitative estimate of drug-likeness (QED) is 0.896. The van der Waals surface area contributed by atoms with E-state index in [1.54, 1.807) is 0 Å². The van der Waals surface area contributed by atoms with Crippen LogP contribution >= 0.6 is 0 Å². The molecule has 1 aromatic rings. The van der Waals surface area contributed by atoms with Crippen LogP contribution in [0.1, 0.15) is 24.4 Å². The van der Waals surface area contributed by atoms with Crippen molar-refractivity contribution >= 4 is 6.03 Å². The molecule has 2 saturated heterocycles. The van der Waals surface area contributed by atoms with Gasteiger partial charge >= 0.3 is 6.03 Å². The standard InChI is InChI=1S/C18H25N3O4/c22-18(19-5-7-20-8-10-23-11-9-20)21-6-1-2-15(21)14-3-4-16-17(12-14)25-13-24-16/h3-4,12,15H,1-2,5-11,13H2,(H,19,22)/t15-/m1/s1. The third-order valence-electron chi connectivity index (χ3n) is 5.10. The summed E-state index contributed by atoms with van der Waals surface area (Å²) in [5.74, 6) is 1.56. The van der Waals surface area contributed by atoms with Crippen LogP contribution in [0.15, 0.2) is 18.2 Å². The van der Waals surface area contributed by atoms with Crippen LogP contribution in [-0.2, 0) is 4.74 Å². The molecule has 7 nitrogen and oxygen atoms in total. The SMILES string of the molecule is O=C(NCCN1CCOCC1)N1CCC[C@@H]1c1ccc2c(c1)OCO2. The van der Waals surface area contributed by atoms with Crippen molar-refractivity contribution in [3.63, 3.8) is 0 Å². The Kier molecular flexibility index (Phi) is 4.94. The van der Waals surface area contributed by atoms with Gasteiger partial charge in [-0.25, -0.2) is 4.79 Å². The number of carbonyl (C=O) groups excluding carboxylic acids is 1. The van der Waals surface area contributed by atoms with E-state index in [9.17, 15) is 4.79 Å². The van der Waals surface area contributed by atoms with Crippen LogP contribution in [0, 0.1) is 0 Å². The second-order valence-electron chi connectivity index (χ2n) is 6.65.